The zero-order valence-electron chi connectivity index (χ0n) is 15.9. The van der Waals surface area contributed by atoms with Gasteiger partial charge >= 0.3 is 6.03 Å². The van der Waals surface area contributed by atoms with Gasteiger partial charge < -0.3 is 19.9 Å². The van der Waals surface area contributed by atoms with Crippen molar-refractivity contribution >= 4 is 11.9 Å². The molecule has 2 fully saturated rings. The van der Waals surface area contributed by atoms with Crippen molar-refractivity contribution in [3.8, 4) is 0 Å². The highest BCUT2D eigenvalue weighted by molar-refractivity contribution is 5.76. The predicted molar refractivity (Wildman–Crippen MR) is 93.8 cm³/mol. The van der Waals surface area contributed by atoms with Crippen LogP contribution in [0, 0.1) is 5.92 Å². The Morgan fingerprint density at radius 2 is 1.88 bits per heavy atom. The first-order chi connectivity index (χ1) is 11.1. The Morgan fingerprint density at radius 1 is 1.25 bits per heavy atom. The number of ether oxygens (including phenoxy) is 1. The van der Waals surface area contributed by atoms with Crippen molar-refractivity contribution < 1.29 is 14.3 Å². The van der Waals surface area contributed by atoms with Crippen LogP contribution >= 0.6 is 0 Å². The van der Waals surface area contributed by atoms with Crippen LogP contribution in [-0.2, 0) is 9.53 Å². The average molecular weight is 339 g/mol. The highest BCUT2D eigenvalue weighted by atomic mass is 16.5. The van der Waals surface area contributed by atoms with E-state index in [0.29, 0.717) is 12.3 Å². The Hall–Kier alpha value is -1.30. The number of rotatable bonds is 2. The summed E-state index contributed by atoms with van der Waals surface area (Å²) in [5, 5.41) is 3.02. The van der Waals surface area contributed by atoms with Crippen LogP contribution in [0.15, 0.2) is 0 Å². The van der Waals surface area contributed by atoms with E-state index in [1.54, 1.807) is 4.90 Å². The van der Waals surface area contributed by atoms with Crippen LogP contribution in [0.5, 0.6) is 0 Å². The molecule has 1 atom stereocenters. The molecule has 0 bridgehead atoms. The second-order valence-electron chi connectivity index (χ2n) is 8.55. The van der Waals surface area contributed by atoms with E-state index in [9.17, 15) is 9.59 Å². The highest BCUT2D eigenvalue weighted by Crippen LogP contribution is 2.38. The number of nitrogens with zero attached hydrogens (tertiary/aromatic N) is 2. The van der Waals surface area contributed by atoms with Gasteiger partial charge in [0, 0.05) is 45.8 Å². The summed E-state index contributed by atoms with van der Waals surface area (Å²) in [5.74, 6) is 0.586. The van der Waals surface area contributed by atoms with E-state index in [4.69, 9.17) is 4.74 Å². The maximum atomic E-state index is 12.3. The number of hydrogen-bond acceptors (Lipinski definition) is 3. The molecule has 2 heterocycles. The summed E-state index contributed by atoms with van der Waals surface area (Å²) in [4.78, 5) is 27.8. The molecule has 0 aromatic rings. The third-order valence-electron chi connectivity index (χ3n) is 5.00. The number of piperidine rings is 1. The van der Waals surface area contributed by atoms with E-state index in [1.807, 2.05) is 39.8 Å². The Labute approximate surface area is 145 Å². The highest BCUT2D eigenvalue weighted by Gasteiger charge is 2.41. The molecule has 0 saturated carbocycles. The van der Waals surface area contributed by atoms with Gasteiger partial charge in [0.2, 0.25) is 5.91 Å². The van der Waals surface area contributed by atoms with Gasteiger partial charge in [-0.15, -0.1) is 0 Å². The van der Waals surface area contributed by atoms with Crippen LogP contribution in [-0.4, -0.2) is 66.7 Å². The van der Waals surface area contributed by atoms with Gasteiger partial charge in [-0.2, -0.15) is 0 Å². The van der Waals surface area contributed by atoms with Gasteiger partial charge in [0.05, 0.1) is 5.60 Å². The van der Waals surface area contributed by atoms with Crippen LogP contribution in [0.4, 0.5) is 4.79 Å². The number of carbonyl (C=O) groups is 2. The molecule has 2 rings (SSSR count). The lowest BCUT2D eigenvalue weighted by molar-refractivity contribution is -0.138. The van der Waals surface area contributed by atoms with Gasteiger partial charge in [0.15, 0.2) is 0 Å². The van der Waals surface area contributed by atoms with E-state index in [0.717, 1.165) is 45.4 Å². The molecule has 6 nitrogen and oxygen atoms in total. The Bertz CT molecular complexity index is 463. The molecule has 0 aromatic carbocycles. The first-order valence-electron chi connectivity index (χ1n) is 9.01. The van der Waals surface area contributed by atoms with Crippen molar-refractivity contribution in [2.75, 3.05) is 33.8 Å². The molecule has 0 aliphatic carbocycles. The summed E-state index contributed by atoms with van der Waals surface area (Å²) in [6.45, 7) is 8.14. The molecule has 138 valence electrons. The smallest absolute Gasteiger partial charge is 0.317 e. The number of hydrogen-bond donors (Lipinski definition) is 1. The molecule has 1 spiro atoms. The molecular weight excluding hydrogens is 306 g/mol. The van der Waals surface area contributed by atoms with Gasteiger partial charge in [-0.1, -0.05) is 0 Å². The van der Waals surface area contributed by atoms with Crippen LogP contribution < -0.4 is 5.32 Å². The number of nitrogens with one attached hydrogen (secondary N) is 1. The first kappa shape index (κ1) is 19.0. The van der Waals surface area contributed by atoms with Crippen molar-refractivity contribution in [3.63, 3.8) is 0 Å². The lowest BCUT2D eigenvalue weighted by atomic mass is 9.78. The lowest BCUT2D eigenvalue weighted by Crippen LogP contribution is -2.55. The van der Waals surface area contributed by atoms with Gasteiger partial charge in [-0.05, 0) is 52.4 Å². The summed E-state index contributed by atoms with van der Waals surface area (Å²) < 4.78 is 6.12. The van der Waals surface area contributed by atoms with Crippen LogP contribution in [0.3, 0.4) is 0 Å². The molecular formula is C18H33N3O3. The largest absolute Gasteiger partial charge is 0.375 e. The third-order valence-corrected chi connectivity index (χ3v) is 5.00. The SMILES string of the molecule is CN(C)C(=O)CC1CCOC2(CCN(C(=O)NC(C)(C)C)CC2)C1. The molecule has 0 radical (unpaired) electrons. The molecule has 1 N–H and O–H groups in total. The molecule has 1 unspecified atom stereocenters. The van der Waals surface area contributed by atoms with Crippen molar-refractivity contribution in [2.24, 2.45) is 5.92 Å². The number of likely N-dealkylation sites (tertiary alicyclic amines) is 1. The van der Waals surface area contributed by atoms with E-state index < -0.39 is 0 Å². The number of urea groups is 1. The fourth-order valence-electron chi connectivity index (χ4n) is 3.60. The van der Waals surface area contributed by atoms with Crippen LogP contribution in [0.2, 0.25) is 0 Å². The summed E-state index contributed by atoms with van der Waals surface area (Å²) in [6, 6.07) is 0.00694. The molecule has 0 aromatic heterocycles. The number of amides is 3. The van der Waals surface area contributed by atoms with Gasteiger partial charge in [0.1, 0.15) is 0 Å². The van der Waals surface area contributed by atoms with E-state index in [2.05, 4.69) is 5.32 Å². The van der Waals surface area contributed by atoms with Gasteiger partial charge in [0.25, 0.3) is 0 Å². The monoisotopic (exact) mass is 339 g/mol. The molecule has 6 heteroatoms. The molecule has 3 amide bonds. The van der Waals surface area contributed by atoms with E-state index >= 15 is 0 Å². The van der Waals surface area contributed by atoms with Crippen molar-refractivity contribution in [3.05, 3.63) is 0 Å². The minimum absolute atomic E-state index is 0.00694. The van der Waals surface area contributed by atoms with Crippen molar-refractivity contribution in [1.82, 2.24) is 15.1 Å². The Balaban J connectivity index is 1.87. The maximum absolute atomic E-state index is 12.3. The van der Waals surface area contributed by atoms with Crippen LogP contribution in [0.25, 0.3) is 0 Å². The zero-order chi connectivity index (χ0) is 18.0. The van der Waals surface area contributed by atoms with Crippen LogP contribution in [0.1, 0.15) is 52.9 Å². The summed E-state index contributed by atoms with van der Waals surface area (Å²) in [7, 11) is 3.62. The molecule has 2 aliphatic rings. The fourth-order valence-corrected chi connectivity index (χ4v) is 3.60. The van der Waals surface area contributed by atoms with Crippen molar-refractivity contribution in [2.45, 2.75) is 64.0 Å². The molecule has 24 heavy (non-hydrogen) atoms. The molecule has 2 aliphatic heterocycles. The summed E-state index contributed by atoms with van der Waals surface area (Å²) in [5.41, 5.74) is -0.362. The maximum Gasteiger partial charge on any atom is 0.317 e. The third kappa shape index (κ3) is 5.10. The first-order valence-corrected chi connectivity index (χ1v) is 9.01. The Kier molecular flexibility index (Phi) is 5.78. The average Bonchev–Trinajstić information content (AvgIpc) is 2.46. The van der Waals surface area contributed by atoms with Gasteiger partial charge in [-0.3, -0.25) is 4.79 Å². The van der Waals surface area contributed by atoms with E-state index in [-0.39, 0.29) is 23.1 Å². The molecule has 2 saturated heterocycles. The summed E-state index contributed by atoms with van der Waals surface area (Å²) >= 11 is 0. The summed E-state index contributed by atoms with van der Waals surface area (Å²) in [6.07, 6.45) is 4.21. The van der Waals surface area contributed by atoms with E-state index in [1.165, 1.54) is 0 Å². The normalized spacial score (nSPS) is 23.9. The second-order valence-corrected chi connectivity index (χ2v) is 8.55. The second kappa shape index (κ2) is 7.30. The predicted octanol–water partition coefficient (Wildman–Crippen LogP) is 2.23. The Morgan fingerprint density at radius 3 is 2.42 bits per heavy atom. The zero-order valence-corrected chi connectivity index (χ0v) is 15.9. The fraction of sp³-hybridized carbons (Fsp3) is 0.889. The van der Waals surface area contributed by atoms with Crippen molar-refractivity contribution in [1.29, 1.82) is 0 Å². The minimum atomic E-state index is -0.217. The van der Waals surface area contributed by atoms with Gasteiger partial charge in [-0.25, -0.2) is 4.79 Å². The minimum Gasteiger partial charge on any atom is -0.375 e. The quantitative estimate of drug-likeness (QED) is 0.839. The number of carbonyl (C=O) groups excluding carboxylic acids is 2. The topological polar surface area (TPSA) is 61.9 Å². The lowest BCUT2D eigenvalue weighted by Gasteiger charge is -2.46. The standard InChI is InChI=1S/C18H33N3O3/c1-17(2,3)19-16(23)21-9-7-18(8-10-21)13-14(6-11-24-18)12-15(22)20(4)5/h14H,6-13H2,1-5H3,(H,19,23).